The van der Waals surface area contributed by atoms with Gasteiger partial charge in [-0.2, -0.15) is 0 Å². The average molecular weight is 369 g/mol. The van der Waals surface area contributed by atoms with Crippen molar-refractivity contribution < 1.29 is 13.6 Å². The fourth-order valence-electron chi connectivity index (χ4n) is 3.78. The largest absolute Gasteiger partial charge is 0.772 e. The molecule has 2 aliphatic rings. The van der Waals surface area contributed by atoms with Gasteiger partial charge in [-0.3, -0.25) is 9.00 Å². The van der Waals surface area contributed by atoms with Crippen molar-refractivity contribution in [2.24, 2.45) is 0 Å². The Labute approximate surface area is 155 Å². The third-order valence-electron chi connectivity index (χ3n) is 5.17. The van der Waals surface area contributed by atoms with Crippen molar-refractivity contribution in [1.29, 1.82) is 0 Å². The zero-order valence-electron chi connectivity index (χ0n) is 14.4. The first-order valence-electron chi connectivity index (χ1n) is 8.89. The van der Waals surface area contributed by atoms with Gasteiger partial charge in [0.25, 0.3) is 0 Å². The summed E-state index contributed by atoms with van der Waals surface area (Å²) in [6, 6.07) is 13.9. The second-order valence-corrected chi connectivity index (χ2v) is 7.87. The Hall–Kier alpha value is -2.02. The van der Waals surface area contributed by atoms with E-state index in [1.165, 1.54) is 11.1 Å². The Morgan fingerprint density at radius 1 is 1.12 bits per heavy atom. The topological polar surface area (TPSA) is 72.5 Å². The lowest BCUT2D eigenvalue weighted by atomic mass is 10.00. The quantitative estimate of drug-likeness (QED) is 0.840. The molecule has 2 aromatic carbocycles. The Morgan fingerprint density at radius 2 is 1.85 bits per heavy atom. The van der Waals surface area contributed by atoms with Crippen molar-refractivity contribution in [2.75, 3.05) is 6.54 Å². The molecule has 2 aliphatic heterocycles. The number of benzene rings is 2. The van der Waals surface area contributed by atoms with Gasteiger partial charge in [0.05, 0.1) is 6.04 Å². The molecule has 6 heteroatoms. The lowest BCUT2D eigenvalue weighted by Gasteiger charge is -2.19. The van der Waals surface area contributed by atoms with Crippen molar-refractivity contribution in [3.63, 3.8) is 0 Å². The molecule has 0 aromatic heterocycles. The molecular formula is C20H21N2O3S-. The lowest BCUT2D eigenvalue weighted by Crippen LogP contribution is -2.40. The van der Waals surface area contributed by atoms with Gasteiger partial charge < -0.3 is 14.8 Å². The molecule has 0 aliphatic carbocycles. The van der Waals surface area contributed by atoms with Crippen LogP contribution in [-0.2, 0) is 34.7 Å². The van der Waals surface area contributed by atoms with Gasteiger partial charge in [-0.1, -0.05) is 47.5 Å². The molecule has 1 amide bonds. The van der Waals surface area contributed by atoms with E-state index in [-0.39, 0.29) is 17.7 Å². The van der Waals surface area contributed by atoms with E-state index in [0.717, 1.165) is 36.1 Å². The molecular weight excluding hydrogens is 348 g/mol. The van der Waals surface area contributed by atoms with Gasteiger partial charge in [0, 0.05) is 18.8 Å². The molecule has 0 bridgehead atoms. The smallest absolute Gasteiger partial charge is 0.240 e. The maximum absolute atomic E-state index is 12.6. The third-order valence-corrected chi connectivity index (χ3v) is 5.74. The van der Waals surface area contributed by atoms with E-state index in [2.05, 4.69) is 23.5 Å². The van der Waals surface area contributed by atoms with Crippen LogP contribution in [0, 0.1) is 0 Å². The number of carbonyl (C=O) groups excluding carboxylic acids is 1. The SMILES string of the molecule is O=C([C@@H]1CCCN1)N1Cc2ccc(-c3ccc(CS(=O)[O-])cc3)cc2C1. The number of amides is 1. The maximum atomic E-state index is 12.6. The highest BCUT2D eigenvalue weighted by Gasteiger charge is 2.30. The minimum Gasteiger partial charge on any atom is -0.772 e. The Morgan fingerprint density at radius 3 is 2.54 bits per heavy atom. The summed E-state index contributed by atoms with van der Waals surface area (Å²) in [6.45, 7) is 2.27. The summed E-state index contributed by atoms with van der Waals surface area (Å²) >= 11 is -2.07. The van der Waals surface area contributed by atoms with Gasteiger partial charge >= 0.3 is 0 Å². The molecule has 26 heavy (non-hydrogen) atoms. The molecule has 2 atom stereocenters. The molecule has 2 heterocycles. The summed E-state index contributed by atoms with van der Waals surface area (Å²) in [5.41, 5.74) is 5.32. The third kappa shape index (κ3) is 3.58. The number of carbonyl (C=O) groups is 1. The van der Waals surface area contributed by atoms with Crippen LogP contribution in [0.5, 0.6) is 0 Å². The van der Waals surface area contributed by atoms with Crippen LogP contribution in [0.25, 0.3) is 11.1 Å². The molecule has 0 radical (unpaired) electrons. The predicted molar refractivity (Wildman–Crippen MR) is 99.8 cm³/mol. The fraction of sp³-hybridized carbons (Fsp3) is 0.350. The molecule has 0 spiro atoms. The number of fused-ring (bicyclic) bond motifs is 1. The molecule has 1 fully saturated rings. The number of rotatable bonds is 4. The predicted octanol–water partition coefficient (Wildman–Crippen LogP) is 2.33. The summed E-state index contributed by atoms with van der Waals surface area (Å²) in [5.74, 6) is 0.242. The van der Waals surface area contributed by atoms with E-state index in [1.54, 1.807) is 0 Å². The van der Waals surface area contributed by atoms with Crippen LogP contribution in [-0.4, -0.2) is 32.2 Å². The Bertz CT molecular complexity index is 845. The molecule has 2 aromatic rings. The van der Waals surface area contributed by atoms with E-state index in [1.807, 2.05) is 29.2 Å². The minimum absolute atomic E-state index is 0.0251. The van der Waals surface area contributed by atoms with Crippen LogP contribution in [0.1, 0.15) is 29.5 Å². The first-order valence-corrected chi connectivity index (χ1v) is 10.1. The molecule has 4 rings (SSSR count). The van der Waals surface area contributed by atoms with E-state index in [0.29, 0.717) is 13.1 Å². The first kappa shape index (κ1) is 17.4. The van der Waals surface area contributed by atoms with Gasteiger partial charge in [-0.05, 0) is 53.3 Å². The van der Waals surface area contributed by atoms with Crippen molar-refractivity contribution in [3.05, 3.63) is 59.2 Å². The van der Waals surface area contributed by atoms with Gasteiger partial charge in [-0.25, -0.2) is 0 Å². The normalized spacial score (nSPS) is 20.2. The number of nitrogens with one attached hydrogen (secondary N) is 1. The monoisotopic (exact) mass is 369 g/mol. The van der Waals surface area contributed by atoms with Gasteiger partial charge in [0.1, 0.15) is 0 Å². The highest BCUT2D eigenvalue weighted by Crippen LogP contribution is 2.29. The van der Waals surface area contributed by atoms with E-state index >= 15 is 0 Å². The van der Waals surface area contributed by atoms with E-state index < -0.39 is 11.1 Å². The van der Waals surface area contributed by atoms with E-state index in [4.69, 9.17) is 0 Å². The maximum Gasteiger partial charge on any atom is 0.240 e. The molecule has 136 valence electrons. The second-order valence-electron chi connectivity index (χ2n) is 6.97. The van der Waals surface area contributed by atoms with Gasteiger partial charge in [0.15, 0.2) is 0 Å². The van der Waals surface area contributed by atoms with Gasteiger partial charge in [0.2, 0.25) is 5.91 Å². The molecule has 0 saturated carbocycles. The summed E-state index contributed by atoms with van der Waals surface area (Å²) in [4.78, 5) is 14.5. The van der Waals surface area contributed by atoms with Crippen LogP contribution in [0.2, 0.25) is 0 Å². The van der Waals surface area contributed by atoms with Crippen molar-refractivity contribution >= 4 is 17.0 Å². The minimum atomic E-state index is -2.07. The van der Waals surface area contributed by atoms with Crippen LogP contribution < -0.4 is 5.32 Å². The van der Waals surface area contributed by atoms with E-state index in [9.17, 15) is 13.6 Å². The summed E-state index contributed by atoms with van der Waals surface area (Å²) < 4.78 is 21.6. The Kier molecular flexibility index (Phi) is 4.89. The molecule has 1 saturated heterocycles. The second kappa shape index (κ2) is 7.31. The van der Waals surface area contributed by atoms with Crippen LogP contribution >= 0.6 is 0 Å². The van der Waals surface area contributed by atoms with Crippen molar-refractivity contribution in [2.45, 2.75) is 37.7 Å². The van der Waals surface area contributed by atoms with Crippen molar-refractivity contribution in [3.8, 4) is 11.1 Å². The number of hydrogen-bond acceptors (Lipinski definition) is 4. The Balaban J connectivity index is 1.50. The highest BCUT2D eigenvalue weighted by atomic mass is 32.2. The first-order chi connectivity index (χ1) is 12.6. The molecule has 1 unspecified atom stereocenters. The molecule has 5 nitrogen and oxygen atoms in total. The highest BCUT2D eigenvalue weighted by molar-refractivity contribution is 7.78. The van der Waals surface area contributed by atoms with Gasteiger partial charge in [-0.15, -0.1) is 0 Å². The number of nitrogens with zero attached hydrogens (tertiary/aromatic N) is 1. The summed E-state index contributed by atoms with van der Waals surface area (Å²) in [5, 5.41) is 3.28. The summed E-state index contributed by atoms with van der Waals surface area (Å²) in [6.07, 6.45) is 1.99. The molecule has 1 N–H and O–H groups in total. The summed E-state index contributed by atoms with van der Waals surface area (Å²) in [7, 11) is 0. The fourth-order valence-corrected chi connectivity index (χ4v) is 4.24. The van der Waals surface area contributed by atoms with Crippen molar-refractivity contribution in [1.82, 2.24) is 10.2 Å². The average Bonchev–Trinajstić information content (AvgIpc) is 3.30. The standard InChI is InChI=1S/C20H22N2O3S/c23-20(19-2-1-9-21-19)22-11-17-8-7-16(10-18(17)12-22)15-5-3-14(4-6-15)13-26(24)25/h3-8,10,19,21H,1-2,9,11-13H2,(H,24,25)/p-1/t19-/m0/s1. The zero-order valence-corrected chi connectivity index (χ0v) is 15.3. The van der Waals surface area contributed by atoms with Crippen LogP contribution in [0.4, 0.5) is 0 Å². The lowest BCUT2D eigenvalue weighted by molar-refractivity contribution is -0.133. The van der Waals surface area contributed by atoms with Crippen LogP contribution in [0.15, 0.2) is 42.5 Å². The number of hydrogen-bond donors (Lipinski definition) is 1. The zero-order chi connectivity index (χ0) is 18.1. The van der Waals surface area contributed by atoms with Crippen LogP contribution in [0.3, 0.4) is 0 Å².